The van der Waals surface area contributed by atoms with Crippen LogP contribution < -0.4 is 10.2 Å². The van der Waals surface area contributed by atoms with Crippen LogP contribution in [-0.4, -0.2) is 60.0 Å². The van der Waals surface area contributed by atoms with E-state index in [1.165, 1.54) is 24.4 Å². The minimum atomic E-state index is 0.766. The van der Waals surface area contributed by atoms with Crippen molar-refractivity contribution >= 4 is 22.6 Å². The lowest BCUT2D eigenvalue weighted by Gasteiger charge is -2.36. The molecule has 0 bridgehead atoms. The number of hydrogen-bond donors (Lipinski definition) is 1. The molecule has 2 heterocycles. The van der Waals surface area contributed by atoms with Crippen molar-refractivity contribution in [1.29, 1.82) is 0 Å². The number of guanidine groups is 1. The van der Waals surface area contributed by atoms with Gasteiger partial charge < -0.3 is 15.1 Å². The van der Waals surface area contributed by atoms with E-state index in [0.717, 1.165) is 62.0 Å². The first-order chi connectivity index (χ1) is 11.1. The summed E-state index contributed by atoms with van der Waals surface area (Å²) in [7, 11) is 1.87. The molecule has 0 aliphatic carbocycles. The van der Waals surface area contributed by atoms with E-state index >= 15 is 0 Å². The Balaban J connectivity index is 1.77. The zero-order chi connectivity index (χ0) is 16.7. The number of aliphatic imine (C=N–C) groups is 1. The summed E-state index contributed by atoms with van der Waals surface area (Å²) in [5, 5.41) is 4.55. The van der Waals surface area contributed by atoms with Crippen molar-refractivity contribution in [2.24, 2.45) is 10.9 Å². The normalized spacial score (nSPS) is 16.3. The number of rotatable bonds is 6. The van der Waals surface area contributed by atoms with E-state index in [1.807, 2.05) is 7.05 Å². The van der Waals surface area contributed by atoms with Crippen molar-refractivity contribution < 1.29 is 0 Å². The summed E-state index contributed by atoms with van der Waals surface area (Å²) in [4.78, 5) is 13.7. The average Bonchev–Trinajstić information content (AvgIpc) is 3.04. The largest absolute Gasteiger partial charge is 0.356 e. The van der Waals surface area contributed by atoms with Gasteiger partial charge in [0.2, 0.25) is 5.13 Å². The molecule has 1 aromatic heterocycles. The lowest BCUT2D eigenvalue weighted by atomic mass is 10.1. The van der Waals surface area contributed by atoms with Crippen LogP contribution in [0.4, 0.5) is 5.13 Å². The van der Waals surface area contributed by atoms with E-state index in [2.05, 4.69) is 50.2 Å². The van der Waals surface area contributed by atoms with Gasteiger partial charge in [0, 0.05) is 57.7 Å². The van der Waals surface area contributed by atoms with Gasteiger partial charge in [-0.05, 0) is 18.8 Å². The van der Waals surface area contributed by atoms with Crippen molar-refractivity contribution in [1.82, 2.24) is 19.6 Å². The highest BCUT2D eigenvalue weighted by Gasteiger charge is 2.21. The van der Waals surface area contributed by atoms with Crippen LogP contribution in [0.1, 0.15) is 39.4 Å². The van der Waals surface area contributed by atoms with E-state index in [4.69, 9.17) is 0 Å². The van der Waals surface area contributed by atoms with Gasteiger partial charge in [-0.15, -0.1) is 0 Å². The average molecular weight is 339 g/mol. The number of aromatic nitrogens is 2. The first-order valence-electron chi connectivity index (χ1n) is 8.67. The van der Waals surface area contributed by atoms with Gasteiger partial charge in [0.15, 0.2) is 5.96 Å². The van der Waals surface area contributed by atoms with Gasteiger partial charge in [-0.2, -0.15) is 4.37 Å². The molecule has 6 nitrogen and oxygen atoms in total. The molecule has 1 N–H and O–H groups in total. The van der Waals surface area contributed by atoms with Gasteiger partial charge in [0.1, 0.15) is 5.82 Å². The van der Waals surface area contributed by atoms with Crippen molar-refractivity contribution in [2.45, 2.75) is 40.0 Å². The maximum atomic E-state index is 4.59. The lowest BCUT2D eigenvalue weighted by Crippen LogP contribution is -2.52. The first kappa shape index (κ1) is 18.0. The fourth-order valence-corrected chi connectivity index (χ4v) is 3.47. The third-order valence-electron chi connectivity index (χ3n) is 4.08. The van der Waals surface area contributed by atoms with E-state index in [1.54, 1.807) is 0 Å². The summed E-state index contributed by atoms with van der Waals surface area (Å²) in [6.07, 6.45) is 3.36. The summed E-state index contributed by atoms with van der Waals surface area (Å²) in [6.45, 7) is 11.5. The van der Waals surface area contributed by atoms with Crippen LogP contribution in [0, 0.1) is 5.92 Å². The number of nitrogens with zero attached hydrogens (tertiary/aromatic N) is 5. The van der Waals surface area contributed by atoms with Crippen molar-refractivity contribution in [2.75, 3.05) is 44.7 Å². The van der Waals surface area contributed by atoms with Crippen molar-refractivity contribution in [3.63, 3.8) is 0 Å². The number of anilines is 1. The second kappa shape index (κ2) is 9.05. The molecule has 1 fully saturated rings. The van der Waals surface area contributed by atoms with Gasteiger partial charge in [-0.25, -0.2) is 4.98 Å². The Hall–Kier alpha value is -1.37. The molecule has 0 atom stereocenters. The number of aryl methyl sites for hydroxylation is 1. The van der Waals surface area contributed by atoms with Gasteiger partial charge in [0.05, 0.1) is 0 Å². The minimum absolute atomic E-state index is 0.766. The van der Waals surface area contributed by atoms with Gasteiger partial charge in [-0.1, -0.05) is 20.8 Å². The van der Waals surface area contributed by atoms with Gasteiger partial charge in [0.25, 0.3) is 0 Å². The van der Waals surface area contributed by atoms with Crippen molar-refractivity contribution in [3.8, 4) is 0 Å². The molecule has 2 rings (SSSR count). The SMILES string of the molecule is CCc1nsc(N2CCN(C(=NC)NCCCC(C)C)CC2)n1. The highest BCUT2D eigenvalue weighted by molar-refractivity contribution is 7.09. The Morgan fingerprint density at radius 3 is 2.61 bits per heavy atom. The Labute approximate surface area is 144 Å². The molecular formula is C16H30N6S. The third-order valence-corrected chi connectivity index (χ3v) is 4.89. The molecule has 0 unspecified atom stereocenters. The topological polar surface area (TPSA) is 56.7 Å². The summed E-state index contributed by atoms with van der Waals surface area (Å²) >= 11 is 1.52. The van der Waals surface area contributed by atoms with E-state index in [9.17, 15) is 0 Å². The fraction of sp³-hybridized carbons (Fsp3) is 0.812. The molecule has 130 valence electrons. The summed E-state index contributed by atoms with van der Waals surface area (Å²) < 4.78 is 4.38. The molecule has 0 aromatic carbocycles. The maximum absolute atomic E-state index is 4.59. The van der Waals surface area contributed by atoms with Crippen LogP contribution in [-0.2, 0) is 6.42 Å². The number of hydrogen-bond acceptors (Lipinski definition) is 5. The molecule has 23 heavy (non-hydrogen) atoms. The zero-order valence-electron chi connectivity index (χ0n) is 14.9. The zero-order valence-corrected chi connectivity index (χ0v) is 15.7. The molecule has 0 spiro atoms. The Bertz CT molecular complexity index is 491. The van der Waals surface area contributed by atoms with Crippen LogP contribution >= 0.6 is 11.5 Å². The molecule has 1 aliphatic heterocycles. The van der Waals surface area contributed by atoms with Crippen LogP contribution in [0.3, 0.4) is 0 Å². The molecular weight excluding hydrogens is 308 g/mol. The van der Waals surface area contributed by atoms with E-state index in [-0.39, 0.29) is 0 Å². The van der Waals surface area contributed by atoms with Crippen LogP contribution in [0.5, 0.6) is 0 Å². The minimum Gasteiger partial charge on any atom is -0.356 e. The third kappa shape index (κ3) is 5.34. The quantitative estimate of drug-likeness (QED) is 0.490. The molecule has 1 aromatic rings. The number of nitrogens with one attached hydrogen (secondary N) is 1. The molecule has 0 amide bonds. The monoisotopic (exact) mass is 338 g/mol. The first-order valence-corrected chi connectivity index (χ1v) is 9.44. The molecule has 0 saturated carbocycles. The predicted molar refractivity (Wildman–Crippen MR) is 98.5 cm³/mol. The Morgan fingerprint density at radius 2 is 2.04 bits per heavy atom. The van der Waals surface area contributed by atoms with Crippen LogP contribution in [0.25, 0.3) is 0 Å². The van der Waals surface area contributed by atoms with Gasteiger partial charge in [-0.3, -0.25) is 4.99 Å². The maximum Gasteiger partial charge on any atom is 0.205 e. The second-order valence-corrected chi connectivity index (χ2v) is 7.06. The highest BCUT2D eigenvalue weighted by atomic mass is 32.1. The standard InChI is InChI=1S/C16H30N6S/c1-5-14-19-16(23-20-14)22-11-9-21(10-12-22)15(17-4)18-8-6-7-13(2)3/h13H,5-12H2,1-4H3,(H,17,18). The lowest BCUT2D eigenvalue weighted by molar-refractivity contribution is 0.371. The molecule has 7 heteroatoms. The summed E-state index contributed by atoms with van der Waals surface area (Å²) in [6, 6.07) is 0. The summed E-state index contributed by atoms with van der Waals surface area (Å²) in [5.41, 5.74) is 0. The van der Waals surface area contributed by atoms with E-state index < -0.39 is 0 Å². The fourth-order valence-electron chi connectivity index (χ4n) is 2.67. The van der Waals surface area contributed by atoms with Crippen LogP contribution in [0.2, 0.25) is 0 Å². The van der Waals surface area contributed by atoms with E-state index in [0.29, 0.717) is 0 Å². The van der Waals surface area contributed by atoms with Gasteiger partial charge >= 0.3 is 0 Å². The smallest absolute Gasteiger partial charge is 0.205 e. The highest BCUT2D eigenvalue weighted by Crippen LogP contribution is 2.19. The summed E-state index contributed by atoms with van der Waals surface area (Å²) in [5.74, 6) is 2.75. The molecule has 0 radical (unpaired) electrons. The molecule has 1 saturated heterocycles. The predicted octanol–water partition coefficient (Wildman–Crippen LogP) is 2.23. The van der Waals surface area contributed by atoms with Crippen LogP contribution in [0.15, 0.2) is 4.99 Å². The molecule has 1 aliphatic rings. The Kier molecular flexibility index (Phi) is 7.08. The number of piperazine rings is 1. The second-order valence-electron chi connectivity index (χ2n) is 6.33. The van der Waals surface area contributed by atoms with Crippen molar-refractivity contribution in [3.05, 3.63) is 5.82 Å². The Morgan fingerprint density at radius 1 is 1.30 bits per heavy atom.